The second-order valence-electron chi connectivity index (χ2n) is 7.10. The van der Waals surface area contributed by atoms with Crippen LogP contribution < -0.4 is 19.7 Å². The van der Waals surface area contributed by atoms with Crippen molar-refractivity contribution in [2.75, 3.05) is 31.0 Å². The van der Waals surface area contributed by atoms with Crippen LogP contribution in [0.5, 0.6) is 11.5 Å². The van der Waals surface area contributed by atoms with Gasteiger partial charge in [0.2, 0.25) is 0 Å². The summed E-state index contributed by atoms with van der Waals surface area (Å²) in [7, 11) is 3.01. The maximum Gasteiger partial charge on any atom is 0.277 e. The predicted molar refractivity (Wildman–Crippen MR) is 118 cm³/mol. The molecule has 2 amide bonds. The van der Waals surface area contributed by atoms with Crippen molar-refractivity contribution in [3.63, 3.8) is 0 Å². The molecule has 1 aliphatic heterocycles. The third kappa shape index (κ3) is 3.70. The van der Waals surface area contributed by atoms with Crippen molar-refractivity contribution in [2.45, 2.75) is 13.0 Å². The fraction of sp³-hybridized carbons (Fsp3) is 0.227. The van der Waals surface area contributed by atoms with Crippen LogP contribution in [0.2, 0.25) is 5.02 Å². The summed E-state index contributed by atoms with van der Waals surface area (Å²) in [6, 6.07) is 8.51. The highest BCUT2D eigenvalue weighted by Gasteiger charge is 2.33. The number of ether oxygens (including phenoxy) is 2. The first-order chi connectivity index (χ1) is 14.9. The van der Waals surface area contributed by atoms with Gasteiger partial charge in [-0.05, 0) is 31.2 Å². The van der Waals surface area contributed by atoms with Gasteiger partial charge in [0.25, 0.3) is 11.8 Å². The molecule has 160 valence electrons. The van der Waals surface area contributed by atoms with Gasteiger partial charge in [-0.1, -0.05) is 11.6 Å². The van der Waals surface area contributed by atoms with Crippen LogP contribution in [0, 0.1) is 0 Å². The summed E-state index contributed by atoms with van der Waals surface area (Å²) in [5.74, 6) is 0.235. The molecule has 1 atom stereocenters. The number of benzene rings is 1. The Labute approximate surface area is 184 Å². The van der Waals surface area contributed by atoms with Gasteiger partial charge in [0.1, 0.15) is 17.2 Å². The zero-order chi connectivity index (χ0) is 22.1. The van der Waals surface area contributed by atoms with Gasteiger partial charge in [0.05, 0.1) is 30.5 Å². The lowest BCUT2D eigenvalue weighted by atomic mass is 10.1. The molecular formula is C22H21ClN4O4. The minimum atomic E-state index is -0.412. The fourth-order valence-electron chi connectivity index (χ4n) is 3.66. The maximum atomic E-state index is 13.4. The molecule has 0 saturated carbocycles. The Morgan fingerprint density at radius 1 is 1.19 bits per heavy atom. The lowest BCUT2D eigenvalue weighted by Crippen LogP contribution is -2.42. The second-order valence-corrected chi connectivity index (χ2v) is 7.51. The minimum absolute atomic E-state index is 0.00652. The van der Waals surface area contributed by atoms with E-state index in [1.807, 2.05) is 11.5 Å². The third-order valence-electron chi connectivity index (χ3n) is 5.22. The van der Waals surface area contributed by atoms with Crippen molar-refractivity contribution in [3.8, 4) is 11.5 Å². The average molecular weight is 441 g/mol. The predicted octanol–water partition coefficient (Wildman–Crippen LogP) is 4.03. The van der Waals surface area contributed by atoms with Gasteiger partial charge < -0.3 is 24.3 Å². The number of methoxy groups -OCH3 is 2. The molecule has 31 heavy (non-hydrogen) atoms. The molecule has 1 aromatic carbocycles. The monoisotopic (exact) mass is 440 g/mol. The molecule has 0 aliphatic carbocycles. The number of rotatable bonds is 5. The van der Waals surface area contributed by atoms with E-state index in [0.29, 0.717) is 40.1 Å². The Kier molecular flexibility index (Phi) is 5.56. The van der Waals surface area contributed by atoms with Crippen LogP contribution in [0.4, 0.5) is 11.4 Å². The molecule has 8 nitrogen and oxygen atoms in total. The Hall–Kier alpha value is -3.52. The number of nitrogens with zero attached hydrogens (tertiary/aromatic N) is 3. The molecule has 0 radical (unpaired) electrons. The topological polar surface area (TPSA) is 85.7 Å². The second kappa shape index (κ2) is 8.31. The SMILES string of the molecule is COc1cc(N2C[C@H](C)n3ccc(NC(=O)c4cnccc4OC)c3C2=O)ccc1Cl. The molecule has 3 heterocycles. The van der Waals surface area contributed by atoms with Gasteiger partial charge in [0, 0.05) is 42.9 Å². The first kappa shape index (κ1) is 20.7. The highest BCUT2D eigenvalue weighted by atomic mass is 35.5. The van der Waals surface area contributed by atoms with Crippen LogP contribution in [0.1, 0.15) is 33.8 Å². The molecule has 2 aromatic heterocycles. The van der Waals surface area contributed by atoms with Crippen LogP contribution in [0.15, 0.2) is 48.9 Å². The molecule has 0 spiro atoms. The molecule has 0 unspecified atom stereocenters. The Morgan fingerprint density at radius 3 is 2.71 bits per heavy atom. The van der Waals surface area contributed by atoms with E-state index in [2.05, 4.69) is 10.3 Å². The van der Waals surface area contributed by atoms with Crippen molar-refractivity contribution < 1.29 is 19.1 Å². The van der Waals surface area contributed by atoms with E-state index < -0.39 is 5.91 Å². The molecule has 3 aromatic rings. The number of carbonyl (C=O) groups excluding carboxylic acids is 2. The smallest absolute Gasteiger partial charge is 0.277 e. The number of amides is 2. The van der Waals surface area contributed by atoms with E-state index in [4.69, 9.17) is 21.1 Å². The van der Waals surface area contributed by atoms with Crippen molar-refractivity contribution >= 4 is 34.8 Å². The Bertz CT molecular complexity index is 1160. The summed E-state index contributed by atoms with van der Waals surface area (Å²) in [5.41, 5.74) is 1.75. The molecule has 0 fully saturated rings. The molecule has 1 N–H and O–H groups in total. The summed E-state index contributed by atoms with van der Waals surface area (Å²) in [4.78, 5) is 31.9. The van der Waals surface area contributed by atoms with Gasteiger partial charge in [-0.3, -0.25) is 14.6 Å². The molecule has 0 bridgehead atoms. The van der Waals surface area contributed by atoms with E-state index in [0.717, 1.165) is 0 Å². The maximum absolute atomic E-state index is 13.4. The van der Waals surface area contributed by atoms with E-state index in [1.165, 1.54) is 20.4 Å². The average Bonchev–Trinajstić information content (AvgIpc) is 3.21. The minimum Gasteiger partial charge on any atom is -0.496 e. The molecule has 4 rings (SSSR count). The van der Waals surface area contributed by atoms with Gasteiger partial charge in [-0.15, -0.1) is 0 Å². The first-order valence-electron chi connectivity index (χ1n) is 9.60. The summed E-state index contributed by atoms with van der Waals surface area (Å²) in [6.45, 7) is 2.47. The summed E-state index contributed by atoms with van der Waals surface area (Å²) in [5, 5.41) is 3.29. The zero-order valence-corrected chi connectivity index (χ0v) is 18.0. The highest BCUT2D eigenvalue weighted by Crippen LogP contribution is 2.35. The normalized spacial score (nSPS) is 15.4. The highest BCUT2D eigenvalue weighted by molar-refractivity contribution is 6.32. The number of pyridine rings is 1. The number of carbonyl (C=O) groups is 2. The number of fused-ring (bicyclic) bond motifs is 1. The number of hydrogen-bond acceptors (Lipinski definition) is 5. The Morgan fingerprint density at radius 2 is 1.97 bits per heavy atom. The Balaban J connectivity index is 1.68. The number of nitrogens with one attached hydrogen (secondary N) is 1. The first-order valence-corrected chi connectivity index (χ1v) is 9.98. The molecule has 0 saturated heterocycles. The molecule has 9 heteroatoms. The number of anilines is 2. The van der Waals surface area contributed by atoms with Gasteiger partial charge in [-0.2, -0.15) is 0 Å². The number of halogens is 1. The molecular weight excluding hydrogens is 420 g/mol. The van der Waals surface area contributed by atoms with Crippen LogP contribution in [-0.2, 0) is 0 Å². The van der Waals surface area contributed by atoms with E-state index in [1.54, 1.807) is 47.6 Å². The van der Waals surface area contributed by atoms with Crippen molar-refractivity contribution in [2.24, 2.45) is 0 Å². The van der Waals surface area contributed by atoms with Gasteiger partial charge in [0.15, 0.2) is 0 Å². The summed E-state index contributed by atoms with van der Waals surface area (Å²) >= 11 is 6.13. The number of hydrogen-bond donors (Lipinski definition) is 1. The lowest BCUT2D eigenvalue weighted by Gasteiger charge is -2.33. The molecule has 1 aliphatic rings. The van der Waals surface area contributed by atoms with Gasteiger partial charge >= 0.3 is 0 Å². The zero-order valence-electron chi connectivity index (χ0n) is 17.3. The lowest BCUT2D eigenvalue weighted by molar-refractivity contribution is 0.0958. The van der Waals surface area contributed by atoms with Crippen molar-refractivity contribution in [1.82, 2.24) is 9.55 Å². The quantitative estimate of drug-likeness (QED) is 0.647. The number of aromatic nitrogens is 2. The van der Waals surface area contributed by atoms with Crippen LogP contribution >= 0.6 is 11.6 Å². The van der Waals surface area contributed by atoms with Crippen LogP contribution in [0.3, 0.4) is 0 Å². The van der Waals surface area contributed by atoms with E-state index in [9.17, 15) is 9.59 Å². The van der Waals surface area contributed by atoms with Crippen molar-refractivity contribution in [3.05, 3.63) is 65.2 Å². The fourth-order valence-corrected chi connectivity index (χ4v) is 3.86. The van der Waals surface area contributed by atoms with E-state index in [-0.39, 0.29) is 17.5 Å². The summed E-state index contributed by atoms with van der Waals surface area (Å²) in [6.07, 6.45) is 4.76. The standard InChI is InChI=1S/C22H21ClN4O4/c1-13-12-27(14-4-5-16(23)19(10-14)31-3)22(29)20-17(7-9-26(13)20)25-21(28)15-11-24-8-6-18(15)30-2/h4-11,13H,12H2,1-3H3,(H,25,28)/t13-/m0/s1. The largest absolute Gasteiger partial charge is 0.496 e. The summed E-state index contributed by atoms with van der Waals surface area (Å²) < 4.78 is 12.4. The third-order valence-corrected chi connectivity index (χ3v) is 5.54. The van der Waals surface area contributed by atoms with E-state index >= 15 is 0 Å². The van der Waals surface area contributed by atoms with Crippen LogP contribution in [-0.4, -0.2) is 42.1 Å². The van der Waals surface area contributed by atoms with Crippen molar-refractivity contribution in [1.29, 1.82) is 0 Å². The van der Waals surface area contributed by atoms with Gasteiger partial charge in [-0.25, -0.2) is 0 Å². The van der Waals surface area contributed by atoms with Crippen LogP contribution in [0.25, 0.3) is 0 Å².